The van der Waals surface area contributed by atoms with Crippen LogP contribution in [0.15, 0.2) is 18.2 Å². The minimum Gasteiger partial charge on any atom is -0.352 e. The number of benzene rings is 1. The first-order valence-electron chi connectivity index (χ1n) is 7.78. The fourth-order valence-electron chi connectivity index (χ4n) is 2.57. The lowest BCUT2D eigenvalue weighted by atomic mass is 10.2. The van der Waals surface area contributed by atoms with Crippen molar-refractivity contribution in [3.63, 3.8) is 0 Å². The van der Waals surface area contributed by atoms with Gasteiger partial charge in [0.1, 0.15) is 0 Å². The van der Waals surface area contributed by atoms with Crippen LogP contribution in [0.5, 0.6) is 0 Å². The van der Waals surface area contributed by atoms with Crippen molar-refractivity contribution >= 4 is 29.1 Å². The van der Waals surface area contributed by atoms with Gasteiger partial charge < -0.3 is 15.1 Å². The number of nitrogens with one attached hydrogen (secondary N) is 1. The second kappa shape index (κ2) is 8.73. The molecule has 0 aromatic heterocycles. The van der Waals surface area contributed by atoms with Crippen molar-refractivity contribution in [3.05, 3.63) is 33.8 Å². The van der Waals surface area contributed by atoms with Gasteiger partial charge in [0.2, 0.25) is 0 Å². The topological polar surface area (TPSA) is 35.6 Å². The van der Waals surface area contributed by atoms with E-state index in [0.717, 1.165) is 45.7 Å². The normalized spacial score (nSPS) is 16.7. The Morgan fingerprint density at radius 2 is 1.82 bits per heavy atom. The Morgan fingerprint density at radius 3 is 2.45 bits per heavy atom. The fourth-order valence-corrected chi connectivity index (χ4v) is 2.87. The predicted molar refractivity (Wildman–Crippen MR) is 92.0 cm³/mol. The maximum Gasteiger partial charge on any atom is 0.251 e. The number of carbonyl (C=O) groups is 1. The van der Waals surface area contributed by atoms with E-state index in [-0.39, 0.29) is 5.91 Å². The van der Waals surface area contributed by atoms with E-state index >= 15 is 0 Å². The quantitative estimate of drug-likeness (QED) is 0.806. The molecule has 1 aliphatic rings. The highest BCUT2D eigenvalue weighted by Gasteiger charge is 2.14. The number of likely N-dealkylation sites (N-methyl/N-ethyl adjacent to an activating group) is 1. The number of nitrogens with zero attached hydrogens (tertiary/aromatic N) is 2. The van der Waals surface area contributed by atoms with Gasteiger partial charge in [-0.3, -0.25) is 4.79 Å². The standard InChI is InChI=1S/C16H23Cl2N3O/c1-2-20-8-10-21(11-9-20)7-3-6-19-16(22)13-4-5-14(17)15(18)12-13/h4-5,12H,2-3,6-11H2,1H3,(H,19,22). The van der Waals surface area contributed by atoms with E-state index in [4.69, 9.17) is 23.2 Å². The highest BCUT2D eigenvalue weighted by Crippen LogP contribution is 2.22. The summed E-state index contributed by atoms with van der Waals surface area (Å²) in [6.07, 6.45) is 0.958. The maximum atomic E-state index is 12.0. The van der Waals surface area contributed by atoms with Crippen molar-refractivity contribution in [1.29, 1.82) is 0 Å². The summed E-state index contributed by atoms with van der Waals surface area (Å²) in [5.41, 5.74) is 0.547. The molecule has 0 aliphatic carbocycles. The van der Waals surface area contributed by atoms with Crippen LogP contribution < -0.4 is 5.32 Å². The van der Waals surface area contributed by atoms with Gasteiger partial charge in [0.25, 0.3) is 5.91 Å². The molecule has 0 radical (unpaired) electrons. The lowest BCUT2D eigenvalue weighted by Crippen LogP contribution is -2.46. The fraction of sp³-hybridized carbons (Fsp3) is 0.562. The van der Waals surface area contributed by atoms with Gasteiger partial charge >= 0.3 is 0 Å². The van der Waals surface area contributed by atoms with Crippen LogP contribution in [0.2, 0.25) is 10.0 Å². The van der Waals surface area contributed by atoms with Gasteiger partial charge in [-0.05, 0) is 37.7 Å². The zero-order valence-electron chi connectivity index (χ0n) is 12.9. The first-order chi connectivity index (χ1) is 10.6. The SMILES string of the molecule is CCN1CCN(CCCNC(=O)c2ccc(Cl)c(Cl)c2)CC1. The molecule has 0 bridgehead atoms. The largest absolute Gasteiger partial charge is 0.352 e. The van der Waals surface area contributed by atoms with Crippen LogP contribution in [0.1, 0.15) is 23.7 Å². The van der Waals surface area contributed by atoms with E-state index < -0.39 is 0 Å². The van der Waals surface area contributed by atoms with Gasteiger partial charge in [0.15, 0.2) is 0 Å². The Kier molecular flexibility index (Phi) is 6.96. The van der Waals surface area contributed by atoms with Crippen molar-refractivity contribution in [2.75, 3.05) is 45.8 Å². The molecule has 122 valence electrons. The van der Waals surface area contributed by atoms with Crippen molar-refractivity contribution in [2.24, 2.45) is 0 Å². The van der Waals surface area contributed by atoms with Crippen molar-refractivity contribution < 1.29 is 4.79 Å². The maximum absolute atomic E-state index is 12.0. The molecule has 1 saturated heterocycles. The van der Waals surface area contributed by atoms with E-state index in [1.54, 1.807) is 18.2 Å². The first-order valence-corrected chi connectivity index (χ1v) is 8.53. The molecule has 1 amide bonds. The summed E-state index contributed by atoms with van der Waals surface area (Å²) in [6, 6.07) is 4.93. The highest BCUT2D eigenvalue weighted by atomic mass is 35.5. The third kappa shape index (κ3) is 5.13. The molecule has 0 atom stereocenters. The molecule has 22 heavy (non-hydrogen) atoms. The van der Waals surface area contributed by atoms with Gasteiger partial charge in [-0.15, -0.1) is 0 Å². The minimum absolute atomic E-state index is 0.102. The third-order valence-electron chi connectivity index (χ3n) is 4.03. The summed E-state index contributed by atoms with van der Waals surface area (Å²) < 4.78 is 0. The molecule has 2 rings (SSSR count). The monoisotopic (exact) mass is 343 g/mol. The molecule has 1 N–H and O–H groups in total. The van der Waals surface area contributed by atoms with Crippen LogP contribution in [0.4, 0.5) is 0 Å². The number of halogens is 2. The Morgan fingerprint density at radius 1 is 1.14 bits per heavy atom. The van der Waals surface area contributed by atoms with E-state index in [1.165, 1.54) is 0 Å². The molecule has 1 aromatic carbocycles. The molecule has 1 fully saturated rings. The summed E-state index contributed by atoms with van der Waals surface area (Å²) in [5, 5.41) is 3.80. The summed E-state index contributed by atoms with van der Waals surface area (Å²) in [5.74, 6) is -0.102. The van der Waals surface area contributed by atoms with Crippen LogP contribution in [0, 0.1) is 0 Å². The molecule has 1 aliphatic heterocycles. The average Bonchev–Trinajstić information content (AvgIpc) is 2.54. The Bertz CT molecular complexity index is 502. The van der Waals surface area contributed by atoms with E-state index in [2.05, 4.69) is 22.0 Å². The summed E-state index contributed by atoms with van der Waals surface area (Å²) in [6.45, 7) is 9.56. The molecule has 6 heteroatoms. The highest BCUT2D eigenvalue weighted by molar-refractivity contribution is 6.42. The molecule has 4 nitrogen and oxygen atoms in total. The molecular weight excluding hydrogens is 321 g/mol. The van der Waals surface area contributed by atoms with Gasteiger partial charge in [-0.2, -0.15) is 0 Å². The van der Waals surface area contributed by atoms with Crippen LogP contribution in [-0.4, -0.2) is 61.5 Å². The predicted octanol–water partition coefficient (Wildman–Crippen LogP) is 2.75. The van der Waals surface area contributed by atoms with Gasteiger partial charge in [0, 0.05) is 38.3 Å². The third-order valence-corrected chi connectivity index (χ3v) is 4.77. The van der Waals surface area contributed by atoms with Gasteiger partial charge in [-0.1, -0.05) is 30.1 Å². The number of carbonyl (C=O) groups excluding carboxylic acids is 1. The van der Waals surface area contributed by atoms with E-state index in [9.17, 15) is 4.79 Å². The smallest absolute Gasteiger partial charge is 0.251 e. The van der Waals surface area contributed by atoms with E-state index in [0.29, 0.717) is 22.2 Å². The van der Waals surface area contributed by atoms with Crippen LogP contribution >= 0.6 is 23.2 Å². The lowest BCUT2D eigenvalue weighted by Gasteiger charge is -2.33. The van der Waals surface area contributed by atoms with Gasteiger partial charge in [0.05, 0.1) is 10.0 Å². The molecule has 0 unspecified atom stereocenters. The van der Waals surface area contributed by atoms with Crippen LogP contribution in [0.3, 0.4) is 0 Å². The lowest BCUT2D eigenvalue weighted by molar-refractivity contribution is 0.0948. The summed E-state index contributed by atoms with van der Waals surface area (Å²) in [7, 11) is 0. The number of hydrogen-bond acceptors (Lipinski definition) is 3. The number of hydrogen-bond donors (Lipinski definition) is 1. The number of amides is 1. The molecular formula is C16H23Cl2N3O. The Hall–Kier alpha value is -0.810. The molecule has 1 heterocycles. The summed E-state index contributed by atoms with van der Waals surface area (Å²) >= 11 is 11.8. The zero-order chi connectivity index (χ0) is 15.9. The van der Waals surface area contributed by atoms with Crippen LogP contribution in [0.25, 0.3) is 0 Å². The Labute approximate surface area is 142 Å². The average molecular weight is 344 g/mol. The van der Waals surface area contributed by atoms with E-state index in [1.807, 2.05) is 0 Å². The molecule has 0 saturated carbocycles. The first kappa shape index (κ1) is 17.5. The molecule has 1 aromatic rings. The Balaban J connectivity index is 1.66. The molecule has 0 spiro atoms. The number of piperazine rings is 1. The van der Waals surface area contributed by atoms with Gasteiger partial charge in [-0.25, -0.2) is 0 Å². The minimum atomic E-state index is -0.102. The van der Waals surface area contributed by atoms with Crippen molar-refractivity contribution in [1.82, 2.24) is 15.1 Å². The summed E-state index contributed by atoms with van der Waals surface area (Å²) in [4.78, 5) is 16.9. The van der Waals surface area contributed by atoms with Crippen molar-refractivity contribution in [3.8, 4) is 0 Å². The number of rotatable bonds is 6. The van der Waals surface area contributed by atoms with Crippen molar-refractivity contribution in [2.45, 2.75) is 13.3 Å². The van der Waals surface area contributed by atoms with Crippen LogP contribution in [-0.2, 0) is 0 Å². The second-order valence-electron chi connectivity index (χ2n) is 5.51. The zero-order valence-corrected chi connectivity index (χ0v) is 14.5. The second-order valence-corrected chi connectivity index (χ2v) is 6.33.